The number of hydrogen-bond donors (Lipinski definition) is 2. The first-order chi connectivity index (χ1) is 8.31. The van der Waals surface area contributed by atoms with Gasteiger partial charge in [0, 0.05) is 31.5 Å². The molecular weight excluding hydrogens is 218 g/mol. The molecule has 5 nitrogen and oxygen atoms in total. The number of rotatable bonds is 6. The van der Waals surface area contributed by atoms with Gasteiger partial charge in [0.2, 0.25) is 0 Å². The molecule has 2 unspecified atom stereocenters. The van der Waals surface area contributed by atoms with Crippen LogP contribution in [0.3, 0.4) is 0 Å². The normalized spacial score (nSPS) is 24.4. The molecule has 0 aromatic carbocycles. The molecule has 0 saturated heterocycles. The Bertz CT molecular complexity index is 340. The second-order valence-electron chi connectivity index (χ2n) is 4.58. The van der Waals surface area contributed by atoms with Crippen molar-refractivity contribution in [2.24, 2.45) is 0 Å². The van der Waals surface area contributed by atoms with E-state index >= 15 is 0 Å². The average molecular weight is 239 g/mol. The fourth-order valence-corrected chi connectivity index (χ4v) is 2.32. The Morgan fingerprint density at radius 3 is 3.18 bits per heavy atom. The van der Waals surface area contributed by atoms with E-state index in [-0.39, 0.29) is 6.61 Å². The lowest BCUT2D eigenvalue weighted by Gasteiger charge is -2.11. The summed E-state index contributed by atoms with van der Waals surface area (Å²) in [7, 11) is 1.78. The minimum atomic E-state index is 0.132. The van der Waals surface area contributed by atoms with Gasteiger partial charge in [-0.05, 0) is 19.3 Å². The Morgan fingerprint density at radius 2 is 2.47 bits per heavy atom. The lowest BCUT2D eigenvalue weighted by atomic mass is 10.2. The third-order valence-corrected chi connectivity index (χ3v) is 3.33. The molecule has 0 spiro atoms. The highest BCUT2D eigenvalue weighted by Crippen LogP contribution is 2.21. The molecular formula is C12H21N3O2. The molecule has 2 rings (SSSR count). The van der Waals surface area contributed by atoms with Crippen molar-refractivity contribution in [3.8, 4) is 0 Å². The third kappa shape index (κ3) is 3.52. The van der Waals surface area contributed by atoms with Crippen LogP contribution in [0.15, 0.2) is 12.4 Å². The maximum absolute atomic E-state index is 8.80. The van der Waals surface area contributed by atoms with Crippen LogP contribution in [0.4, 0.5) is 0 Å². The van der Waals surface area contributed by atoms with Gasteiger partial charge in [0.15, 0.2) is 0 Å². The molecule has 1 heterocycles. The Labute approximate surface area is 102 Å². The maximum Gasteiger partial charge on any atom is 0.0640 e. The van der Waals surface area contributed by atoms with Gasteiger partial charge < -0.3 is 15.2 Å². The van der Waals surface area contributed by atoms with Gasteiger partial charge in [-0.3, -0.25) is 4.68 Å². The van der Waals surface area contributed by atoms with Crippen molar-refractivity contribution in [2.75, 3.05) is 13.7 Å². The summed E-state index contributed by atoms with van der Waals surface area (Å²) in [5.41, 5.74) is 1.17. The highest BCUT2D eigenvalue weighted by atomic mass is 16.5. The third-order valence-electron chi connectivity index (χ3n) is 3.33. The van der Waals surface area contributed by atoms with Gasteiger partial charge >= 0.3 is 0 Å². The second-order valence-corrected chi connectivity index (χ2v) is 4.58. The molecule has 1 aromatic heterocycles. The average Bonchev–Trinajstić information content (AvgIpc) is 2.95. The highest BCUT2D eigenvalue weighted by Gasteiger charge is 2.23. The van der Waals surface area contributed by atoms with E-state index in [1.807, 2.05) is 12.4 Å². The summed E-state index contributed by atoms with van der Waals surface area (Å²) in [5.74, 6) is 0. The highest BCUT2D eigenvalue weighted by molar-refractivity contribution is 5.03. The van der Waals surface area contributed by atoms with Crippen molar-refractivity contribution in [2.45, 2.75) is 44.5 Å². The molecule has 17 heavy (non-hydrogen) atoms. The zero-order valence-corrected chi connectivity index (χ0v) is 10.3. The summed E-state index contributed by atoms with van der Waals surface area (Å²) in [6.07, 6.45) is 7.68. The van der Waals surface area contributed by atoms with Crippen LogP contribution in [0.2, 0.25) is 0 Å². The largest absolute Gasteiger partial charge is 0.394 e. The van der Waals surface area contributed by atoms with Crippen LogP contribution >= 0.6 is 0 Å². The van der Waals surface area contributed by atoms with Gasteiger partial charge in [0.1, 0.15) is 0 Å². The minimum Gasteiger partial charge on any atom is -0.394 e. The SMILES string of the molecule is COC1CCC(NCc2cnn(CCO)c2)C1. The fraction of sp³-hybridized carbons (Fsp3) is 0.750. The van der Waals surface area contributed by atoms with Crippen molar-refractivity contribution in [3.63, 3.8) is 0 Å². The zero-order chi connectivity index (χ0) is 12.1. The first kappa shape index (κ1) is 12.5. The number of nitrogens with one attached hydrogen (secondary N) is 1. The molecule has 5 heteroatoms. The molecule has 1 saturated carbocycles. The van der Waals surface area contributed by atoms with Crippen molar-refractivity contribution in [3.05, 3.63) is 18.0 Å². The number of aromatic nitrogens is 2. The summed E-state index contributed by atoms with van der Waals surface area (Å²) in [5, 5.41) is 16.5. The fourth-order valence-electron chi connectivity index (χ4n) is 2.32. The number of aliphatic hydroxyl groups is 1. The topological polar surface area (TPSA) is 59.3 Å². The van der Waals surface area contributed by atoms with Gasteiger partial charge in [-0.15, -0.1) is 0 Å². The summed E-state index contributed by atoms with van der Waals surface area (Å²) in [4.78, 5) is 0. The summed E-state index contributed by atoms with van der Waals surface area (Å²) in [6, 6.07) is 0.557. The molecule has 1 aromatic rings. The molecule has 96 valence electrons. The smallest absolute Gasteiger partial charge is 0.0640 e. The number of ether oxygens (including phenoxy) is 1. The van der Waals surface area contributed by atoms with E-state index in [4.69, 9.17) is 9.84 Å². The molecule has 0 aliphatic heterocycles. The van der Waals surface area contributed by atoms with Crippen LogP contribution in [0, 0.1) is 0 Å². The number of aliphatic hydroxyl groups excluding tert-OH is 1. The predicted molar refractivity (Wildman–Crippen MR) is 64.6 cm³/mol. The van der Waals surface area contributed by atoms with Crippen LogP contribution in [-0.2, 0) is 17.8 Å². The standard InChI is InChI=1S/C12H21N3O2/c1-17-12-3-2-11(6-12)13-7-10-8-14-15(9-10)4-5-16/h8-9,11-13,16H,2-7H2,1H3. The van der Waals surface area contributed by atoms with E-state index in [0.29, 0.717) is 18.7 Å². The summed E-state index contributed by atoms with van der Waals surface area (Å²) < 4.78 is 7.11. The van der Waals surface area contributed by atoms with Gasteiger partial charge in [-0.2, -0.15) is 5.10 Å². The predicted octanol–water partition coefficient (Wildman–Crippen LogP) is 0.533. The van der Waals surface area contributed by atoms with Crippen molar-refractivity contribution in [1.29, 1.82) is 0 Å². The lowest BCUT2D eigenvalue weighted by molar-refractivity contribution is 0.107. The number of hydrogen-bond acceptors (Lipinski definition) is 4. The van der Waals surface area contributed by atoms with Gasteiger partial charge in [0.05, 0.1) is 25.5 Å². The molecule has 1 aliphatic carbocycles. The van der Waals surface area contributed by atoms with E-state index in [9.17, 15) is 0 Å². The van der Waals surface area contributed by atoms with E-state index in [0.717, 1.165) is 19.4 Å². The lowest BCUT2D eigenvalue weighted by Crippen LogP contribution is -2.26. The molecule has 2 N–H and O–H groups in total. The first-order valence-electron chi connectivity index (χ1n) is 6.20. The first-order valence-corrected chi connectivity index (χ1v) is 6.20. The summed E-state index contributed by atoms with van der Waals surface area (Å²) >= 11 is 0. The van der Waals surface area contributed by atoms with Gasteiger partial charge in [-0.1, -0.05) is 0 Å². The van der Waals surface area contributed by atoms with Crippen LogP contribution < -0.4 is 5.32 Å². The number of nitrogens with zero attached hydrogens (tertiary/aromatic N) is 2. The van der Waals surface area contributed by atoms with Gasteiger partial charge in [0.25, 0.3) is 0 Å². The van der Waals surface area contributed by atoms with E-state index in [1.54, 1.807) is 11.8 Å². The summed E-state index contributed by atoms with van der Waals surface area (Å²) in [6.45, 7) is 1.54. The minimum absolute atomic E-state index is 0.132. The quantitative estimate of drug-likeness (QED) is 0.760. The monoisotopic (exact) mass is 239 g/mol. The Morgan fingerprint density at radius 1 is 1.59 bits per heavy atom. The van der Waals surface area contributed by atoms with E-state index < -0.39 is 0 Å². The molecule has 0 radical (unpaired) electrons. The van der Waals surface area contributed by atoms with Crippen molar-refractivity contribution in [1.82, 2.24) is 15.1 Å². The van der Waals surface area contributed by atoms with Crippen LogP contribution in [0.1, 0.15) is 24.8 Å². The molecule has 0 bridgehead atoms. The van der Waals surface area contributed by atoms with E-state index in [1.165, 1.54) is 12.0 Å². The number of methoxy groups -OCH3 is 1. The van der Waals surface area contributed by atoms with Crippen molar-refractivity contribution < 1.29 is 9.84 Å². The molecule has 2 atom stereocenters. The Kier molecular flexibility index (Phi) is 4.53. The van der Waals surface area contributed by atoms with Gasteiger partial charge in [-0.25, -0.2) is 0 Å². The van der Waals surface area contributed by atoms with Crippen LogP contribution in [-0.4, -0.2) is 40.7 Å². The maximum atomic E-state index is 8.80. The zero-order valence-electron chi connectivity index (χ0n) is 10.3. The molecule has 1 aliphatic rings. The van der Waals surface area contributed by atoms with Crippen molar-refractivity contribution >= 4 is 0 Å². The van der Waals surface area contributed by atoms with Crippen LogP contribution in [0.25, 0.3) is 0 Å². The molecule has 0 amide bonds. The Balaban J connectivity index is 1.74. The van der Waals surface area contributed by atoms with Crippen LogP contribution in [0.5, 0.6) is 0 Å². The van der Waals surface area contributed by atoms with E-state index in [2.05, 4.69) is 10.4 Å². The second kappa shape index (κ2) is 6.14. The Hall–Kier alpha value is -0.910. The molecule has 1 fully saturated rings.